The van der Waals surface area contributed by atoms with Gasteiger partial charge in [0.25, 0.3) is 0 Å². The molecule has 1 unspecified atom stereocenters. The van der Waals surface area contributed by atoms with E-state index < -0.39 is 88.7 Å². The van der Waals surface area contributed by atoms with Gasteiger partial charge in [-0.2, -0.15) is 0 Å². The first-order valence-electron chi connectivity index (χ1n) is 39.3. The monoisotopic (exact) mass is 1530 g/mol. The SMILES string of the molecule is CCCC1O[C@@H]2C[C@H]3[C@@H]4C[C@H](F)C5=CC(=O)C=C[C@]5(C)[C@@]4(F)[C@@H](O)C[C@]3(C)[C@]2(C(=O)COc2ccc(CC(=O)[C@H](C)CC(=O)[C@@H](NC(=O)CCOCCCOCCCOCCCOCCNC(=O)CCC(=O)N3Cc4ccccc4-c4c(nnn4CCOCCOCCOCCNC)-c4ccccc43)C(C)C)cc2)O1. The van der Waals surface area contributed by atoms with Crippen LogP contribution in [-0.4, -0.2) is 222 Å². The second kappa shape index (κ2) is 40.4. The summed E-state index contributed by atoms with van der Waals surface area (Å²) in [4.78, 5) is 96.0. The number of ketones is 4. The topological polar surface area (TPSA) is 302 Å². The minimum absolute atomic E-state index is 0.00639. The molecule has 0 radical (unpaired) electrons. The van der Waals surface area contributed by atoms with Gasteiger partial charge in [0.1, 0.15) is 30.0 Å². The number of hydrogen-bond acceptors (Lipinski definition) is 21. The van der Waals surface area contributed by atoms with Crippen LogP contribution in [0.3, 0.4) is 0 Å². The van der Waals surface area contributed by atoms with Crippen molar-refractivity contribution in [3.63, 3.8) is 0 Å². The fourth-order valence-electron chi connectivity index (χ4n) is 16.8. The lowest BCUT2D eigenvalue weighted by molar-refractivity contribution is -0.234. The van der Waals surface area contributed by atoms with Crippen LogP contribution in [0.5, 0.6) is 5.75 Å². The van der Waals surface area contributed by atoms with Crippen molar-refractivity contribution in [2.24, 2.45) is 34.5 Å². The van der Waals surface area contributed by atoms with Gasteiger partial charge < -0.3 is 73.3 Å². The number of carbonyl (C=O) groups excluding carboxylic acids is 7. The minimum Gasteiger partial charge on any atom is -0.486 e. The maximum absolute atomic E-state index is 18.0. The predicted octanol–water partition coefficient (Wildman–Crippen LogP) is 8.96. The molecule has 6 aliphatic rings. The average Bonchev–Trinajstić information content (AvgIpc) is 1.44. The highest BCUT2D eigenvalue weighted by molar-refractivity contribution is 6.02. The van der Waals surface area contributed by atoms with Gasteiger partial charge in [0.05, 0.1) is 95.6 Å². The second-order valence-electron chi connectivity index (χ2n) is 30.4. The molecule has 25 nitrogen and oxygen atoms in total. The third-order valence-electron chi connectivity index (χ3n) is 22.5. The Bertz CT molecular complexity index is 3820. The maximum atomic E-state index is 18.0. The molecule has 0 bridgehead atoms. The number of aromatic nitrogens is 3. The molecule has 10 rings (SSSR count). The van der Waals surface area contributed by atoms with Crippen LogP contribution in [0.25, 0.3) is 22.5 Å². The van der Waals surface area contributed by atoms with Crippen molar-refractivity contribution >= 4 is 46.5 Å². The summed E-state index contributed by atoms with van der Waals surface area (Å²) in [7, 11) is 1.88. The molecule has 3 heterocycles. The smallest absolute Gasteiger partial charge is 0.227 e. The molecule has 4 aromatic rings. The number of aliphatic hydroxyl groups excluding tert-OH is 1. The fourth-order valence-corrected chi connectivity index (χ4v) is 16.8. The number of ether oxygens (including phenoxy) is 10. The second-order valence-corrected chi connectivity index (χ2v) is 30.4. The first kappa shape index (κ1) is 85.0. The van der Waals surface area contributed by atoms with Gasteiger partial charge in [0.15, 0.2) is 29.1 Å². The van der Waals surface area contributed by atoms with Crippen LogP contribution in [-0.2, 0) is 95.7 Å². The van der Waals surface area contributed by atoms with E-state index in [-0.39, 0.29) is 98.8 Å². The van der Waals surface area contributed by atoms with Crippen molar-refractivity contribution in [3.05, 3.63) is 108 Å². The molecule has 0 spiro atoms. The fraction of sp³-hybridized carbons (Fsp3) is 0.627. The number of nitrogens with zero attached hydrogens (tertiary/aromatic N) is 4. The molecule has 4 N–H and O–H groups in total. The van der Waals surface area contributed by atoms with E-state index in [9.17, 15) is 38.7 Å². The quantitative estimate of drug-likeness (QED) is 0.0300. The third kappa shape index (κ3) is 20.1. The minimum atomic E-state index is -2.33. The van der Waals surface area contributed by atoms with Crippen molar-refractivity contribution in [1.82, 2.24) is 30.9 Å². The molecule has 110 heavy (non-hydrogen) atoms. The molecule has 1 saturated heterocycles. The molecular weight excluding hydrogens is 1420 g/mol. The largest absolute Gasteiger partial charge is 0.486 e. The zero-order valence-corrected chi connectivity index (χ0v) is 64.9. The first-order valence-corrected chi connectivity index (χ1v) is 39.3. The number of amides is 3. The Hall–Kier alpha value is -7.41. The Kier molecular flexibility index (Phi) is 31.2. The van der Waals surface area contributed by atoms with Crippen LogP contribution in [0, 0.1) is 34.5 Å². The van der Waals surface area contributed by atoms with Crippen molar-refractivity contribution in [2.75, 3.05) is 124 Å². The number of likely N-dealkylation sites (N-methyl/N-ethyl adjacent to an activating group) is 1. The lowest BCUT2D eigenvalue weighted by atomic mass is 9.44. The standard InChI is InChI=1S/C83H113F2N7O18/c1-8-16-76-109-72-51-63-64-50-66(84)65-49-59(93)27-29-80(65,5)82(64,85)70(96)52-81(63,6)83(72,110-76)71(97)54-108-60-23-21-57(22-24-60)48-68(94)56(4)47-69(95)77(55(2)3)88-74(99)28-39-103-37-14-35-101-33-13-34-102-36-15-38-104-41-31-87-73(98)25-26-75(100)91-53-58-17-9-10-18-61(58)79-78(62-19-11-12-20-67(62)91)89-90-92(79)32-42-106-44-46-107-45-43-105-40-30-86-7/h9-12,17-24,27,29,49,55-56,63-64,66,70,72,76-77,86,96H,8,13-16,25-26,28,30-48,50-54H2,1-7H3,(H,87,98)(H,88,99)/t56-,63+,64+,66+,70+,72-,76?,77+,80+,81+,82+,83-/m1/s1. The van der Waals surface area contributed by atoms with Crippen LogP contribution in [0.2, 0.25) is 0 Å². The van der Waals surface area contributed by atoms with E-state index in [0.29, 0.717) is 160 Å². The number of fused-ring (bicyclic) bond motifs is 12. The molecular formula is C83H113F2N7O18. The van der Waals surface area contributed by atoms with Crippen molar-refractivity contribution in [2.45, 2.75) is 180 Å². The first-order chi connectivity index (χ1) is 53.1. The van der Waals surface area contributed by atoms with Gasteiger partial charge in [0.2, 0.25) is 23.5 Å². The number of Topliss-reactive ketones (excluding diaryl/α,β-unsaturated/α-hetero) is 3. The summed E-state index contributed by atoms with van der Waals surface area (Å²) in [6.07, 6.45) is 1.97. The number of alkyl halides is 2. The van der Waals surface area contributed by atoms with Gasteiger partial charge >= 0.3 is 0 Å². The average molecular weight is 1530 g/mol. The zero-order chi connectivity index (χ0) is 78.4. The van der Waals surface area contributed by atoms with E-state index in [4.69, 9.17) is 47.4 Å². The van der Waals surface area contributed by atoms with Gasteiger partial charge in [-0.05, 0) is 118 Å². The number of carbonyl (C=O) groups is 7. The molecule has 12 atom stereocenters. The van der Waals surface area contributed by atoms with Crippen molar-refractivity contribution < 1.29 is 94.8 Å². The number of anilines is 1. The molecule has 2 aliphatic heterocycles. The molecule has 4 fully saturated rings. The number of halogens is 2. The number of hydrogen-bond donors (Lipinski definition) is 4. The van der Waals surface area contributed by atoms with E-state index >= 15 is 8.78 Å². The molecule has 1 aromatic heterocycles. The summed E-state index contributed by atoms with van der Waals surface area (Å²) in [6.45, 7) is 18.4. The van der Waals surface area contributed by atoms with Crippen LogP contribution >= 0.6 is 0 Å². The van der Waals surface area contributed by atoms with Crippen molar-refractivity contribution in [3.8, 4) is 28.3 Å². The van der Waals surface area contributed by atoms with Crippen LogP contribution in [0.4, 0.5) is 14.5 Å². The van der Waals surface area contributed by atoms with Gasteiger partial charge in [-0.3, -0.25) is 33.6 Å². The Morgan fingerprint density at radius 1 is 0.727 bits per heavy atom. The molecule has 4 aliphatic carbocycles. The summed E-state index contributed by atoms with van der Waals surface area (Å²) in [5.74, 6) is -4.25. The van der Waals surface area contributed by atoms with Crippen molar-refractivity contribution in [1.29, 1.82) is 0 Å². The van der Waals surface area contributed by atoms with E-state index in [2.05, 4.69) is 26.3 Å². The number of nitrogens with one attached hydrogen (secondary N) is 3. The molecule has 3 amide bonds. The van der Waals surface area contributed by atoms with E-state index in [1.807, 2.05) is 88.0 Å². The Morgan fingerprint density at radius 3 is 2.05 bits per heavy atom. The van der Waals surface area contributed by atoms with Crippen LogP contribution in [0.1, 0.15) is 130 Å². The number of benzene rings is 3. The Labute approximate surface area is 644 Å². The summed E-state index contributed by atoms with van der Waals surface area (Å²) >= 11 is 0. The Balaban J connectivity index is 0.543. The number of aliphatic hydroxyl groups is 1. The highest BCUT2D eigenvalue weighted by Gasteiger charge is 2.80. The maximum Gasteiger partial charge on any atom is 0.227 e. The lowest BCUT2D eigenvalue weighted by Gasteiger charge is -2.63. The summed E-state index contributed by atoms with van der Waals surface area (Å²) in [5, 5.41) is 29.9. The van der Waals surface area contributed by atoms with Gasteiger partial charge in [0, 0.05) is 119 Å². The third-order valence-corrected chi connectivity index (χ3v) is 22.5. The highest BCUT2D eigenvalue weighted by atomic mass is 19.1. The highest BCUT2D eigenvalue weighted by Crippen LogP contribution is 2.72. The number of para-hydroxylation sites is 1. The van der Waals surface area contributed by atoms with E-state index in [0.717, 1.165) is 35.0 Å². The lowest BCUT2D eigenvalue weighted by Crippen LogP contribution is -2.71. The normalized spacial score (nSPS) is 24.8. The molecule has 3 saturated carbocycles. The van der Waals surface area contributed by atoms with Crippen LogP contribution in [0.15, 0.2) is 96.6 Å². The number of allylic oxidation sites excluding steroid dienone is 4. The summed E-state index contributed by atoms with van der Waals surface area (Å²) in [6, 6.07) is 21.5. The summed E-state index contributed by atoms with van der Waals surface area (Å²) in [5.41, 5.74) is -1.25. The molecule has 3 aromatic carbocycles. The van der Waals surface area contributed by atoms with E-state index in [1.165, 1.54) is 12.2 Å². The Morgan fingerprint density at radius 2 is 1.36 bits per heavy atom. The number of rotatable bonds is 47. The van der Waals surface area contributed by atoms with Gasteiger partial charge in [-0.25, -0.2) is 13.5 Å². The zero-order valence-electron chi connectivity index (χ0n) is 64.9. The van der Waals surface area contributed by atoms with Crippen LogP contribution < -0.4 is 25.6 Å². The molecule has 602 valence electrons. The molecule has 27 heteroatoms. The van der Waals surface area contributed by atoms with E-state index in [1.54, 1.807) is 43.0 Å². The summed E-state index contributed by atoms with van der Waals surface area (Å²) < 4.78 is 95.1. The van der Waals surface area contributed by atoms with Gasteiger partial charge in [-0.1, -0.05) is 107 Å². The van der Waals surface area contributed by atoms with Gasteiger partial charge in [-0.15, -0.1) is 5.10 Å². The predicted molar refractivity (Wildman–Crippen MR) is 405 cm³/mol.